The monoisotopic (exact) mass is 277 g/mol. The zero-order valence-electron chi connectivity index (χ0n) is 13.2. The minimum absolute atomic E-state index is 0.797. The summed E-state index contributed by atoms with van der Waals surface area (Å²) >= 11 is 0. The molecule has 0 bridgehead atoms. The van der Waals surface area contributed by atoms with Gasteiger partial charge in [-0.15, -0.1) is 0 Å². The van der Waals surface area contributed by atoms with Crippen molar-refractivity contribution in [2.45, 2.75) is 52.4 Å². The fourth-order valence-electron chi connectivity index (χ4n) is 2.19. The number of para-hydroxylation sites is 1. The Labute approximate surface area is 124 Å². The second-order valence-corrected chi connectivity index (χ2v) is 5.86. The second kappa shape index (κ2) is 11.8. The van der Waals surface area contributed by atoms with Crippen LogP contribution in [0.1, 0.15) is 52.4 Å². The molecule has 1 rings (SSSR count). The Hall–Kier alpha value is -1.02. The molecular weight excluding hydrogens is 246 g/mol. The molecule has 0 fully saturated rings. The van der Waals surface area contributed by atoms with E-state index in [-0.39, 0.29) is 0 Å². The first kappa shape index (κ1) is 17.0. The predicted octanol–water partition coefficient (Wildman–Crippen LogP) is 4.65. The molecule has 2 nitrogen and oxygen atoms in total. The van der Waals surface area contributed by atoms with E-state index in [0.717, 1.165) is 37.8 Å². The molecule has 114 valence electrons. The summed E-state index contributed by atoms with van der Waals surface area (Å²) in [6.07, 6.45) is 7.89. The predicted molar refractivity (Wildman–Crippen MR) is 87.3 cm³/mol. The number of rotatable bonds is 12. The van der Waals surface area contributed by atoms with Gasteiger partial charge in [-0.3, -0.25) is 0 Å². The van der Waals surface area contributed by atoms with Crippen LogP contribution in [0.4, 0.5) is 0 Å². The van der Waals surface area contributed by atoms with Crippen LogP contribution >= 0.6 is 0 Å². The van der Waals surface area contributed by atoms with Crippen LogP contribution in [0.2, 0.25) is 0 Å². The van der Waals surface area contributed by atoms with Crippen LogP contribution in [-0.4, -0.2) is 19.7 Å². The normalized spacial score (nSPS) is 10.9. The summed E-state index contributed by atoms with van der Waals surface area (Å²) in [5.41, 5.74) is 0. The van der Waals surface area contributed by atoms with E-state index >= 15 is 0 Å². The Morgan fingerprint density at radius 2 is 1.60 bits per heavy atom. The van der Waals surface area contributed by atoms with Crippen molar-refractivity contribution < 1.29 is 4.74 Å². The second-order valence-electron chi connectivity index (χ2n) is 5.86. The maximum absolute atomic E-state index is 5.65. The molecule has 0 saturated heterocycles. The van der Waals surface area contributed by atoms with Crippen LogP contribution in [0.3, 0.4) is 0 Å². The lowest BCUT2D eigenvalue weighted by molar-refractivity contribution is 0.308. The highest BCUT2D eigenvalue weighted by molar-refractivity contribution is 5.20. The zero-order chi connectivity index (χ0) is 14.5. The van der Waals surface area contributed by atoms with E-state index in [1.807, 2.05) is 30.3 Å². The van der Waals surface area contributed by atoms with Crippen molar-refractivity contribution in [1.29, 1.82) is 0 Å². The third-order valence-corrected chi connectivity index (χ3v) is 3.39. The molecule has 0 aromatic heterocycles. The van der Waals surface area contributed by atoms with Crippen LogP contribution < -0.4 is 10.1 Å². The topological polar surface area (TPSA) is 21.3 Å². The first-order valence-electron chi connectivity index (χ1n) is 8.17. The third-order valence-electron chi connectivity index (χ3n) is 3.39. The third kappa shape index (κ3) is 9.85. The van der Waals surface area contributed by atoms with Gasteiger partial charge in [0.25, 0.3) is 0 Å². The highest BCUT2D eigenvalue weighted by atomic mass is 16.5. The number of ether oxygens (including phenoxy) is 1. The van der Waals surface area contributed by atoms with Gasteiger partial charge >= 0.3 is 0 Å². The van der Waals surface area contributed by atoms with Gasteiger partial charge in [0, 0.05) is 0 Å². The fourth-order valence-corrected chi connectivity index (χ4v) is 2.19. The van der Waals surface area contributed by atoms with Crippen LogP contribution in [0.5, 0.6) is 5.75 Å². The average Bonchev–Trinajstić information content (AvgIpc) is 2.45. The van der Waals surface area contributed by atoms with Gasteiger partial charge in [-0.1, -0.05) is 57.7 Å². The summed E-state index contributed by atoms with van der Waals surface area (Å²) in [7, 11) is 0. The van der Waals surface area contributed by atoms with E-state index in [1.165, 1.54) is 32.1 Å². The van der Waals surface area contributed by atoms with E-state index in [9.17, 15) is 0 Å². The largest absolute Gasteiger partial charge is 0.494 e. The zero-order valence-corrected chi connectivity index (χ0v) is 13.2. The van der Waals surface area contributed by atoms with E-state index < -0.39 is 0 Å². The van der Waals surface area contributed by atoms with Gasteiger partial charge in [-0.2, -0.15) is 0 Å². The van der Waals surface area contributed by atoms with E-state index in [2.05, 4.69) is 19.2 Å². The molecule has 0 aliphatic heterocycles. The van der Waals surface area contributed by atoms with Crippen molar-refractivity contribution in [3.05, 3.63) is 30.3 Å². The van der Waals surface area contributed by atoms with Crippen molar-refractivity contribution in [2.75, 3.05) is 19.7 Å². The smallest absolute Gasteiger partial charge is 0.119 e. The summed E-state index contributed by atoms with van der Waals surface area (Å²) in [6.45, 7) is 7.61. The Bertz CT molecular complexity index is 310. The van der Waals surface area contributed by atoms with Gasteiger partial charge in [-0.25, -0.2) is 0 Å². The van der Waals surface area contributed by atoms with Crippen molar-refractivity contribution in [2.24, 2.45) is 5.92 Å². The lowest BCUT2D eigenvalue weighted by Crippen LogP contribution is -2.18. The van der Waals surface area contributed by atoms with Crippen molar-refractivity contribution in [3.63, 3.8) is 0 Å². The van der Waals surface area contributed by atoms with Crippen LogP contribution in [0, 0.1) is 5.92 Å². The van der Waals surface area contributed by atoms with Crippen LogP contribution in [0.25, 0.3) is 0 Å². The maximum atomic E-state index is 5.65. The van der Waals surface area contributed by atoms with Gasteiger partial charge in [0.15, 0.2) is 0 Å². The minimum Gasteiger partial charge on any atom is -0.494 e. The molecule has 0 radical (unpaired) electrons. The number of nitrogens with one attached hydrogen (secondary N) is 1. The van der Waals surface area contributed by atoms with Gasteiger partial charge in [0.1, 0.15) is 5.75 Å². The number of benzene rings is 1. The molecule has 0 atom stereocenters. The number of hydrogen-bond acceptors (Lipinski definition) is 2. The molecule has 0 unspecified atom stereocenters. The molecule has 0 aliphatic carbocycles. The van der Waals surface area contributed by atoms with Crippen LogP contribution in [0.15, 0.2) is 30.3 Å². The SMILES string of the molecule is CC(C)CCCCCCNCCCOc1ccccc1. The highest BCUT2D eigenvalue weighted by Gasteiger charge is 1.95. The fraction of sp³-hybridized carbons (Fsp3) is 0.667. The standard InChI is InChI=1S/C18H31NO/c1-17(2)11-6-3-4-9-14-19-15-10-16-20-18-12-7-5-8-13-18/h5,7-8,12-13,17,19H,3-4,6,9-11,14-16H2,1-2H3. The number of unbranched alkanes of at least 4 members (excludes halogenated alkanes) is 3. The van der Waals surface area contributed by atoms with E-state index in [4.69, 9.17) is 4.74 Å². The molecule has 0 heterocycles. The summed E-state index contributed by atoms with van der Waals surface area (Å²) < 4.78 is 5.65. The molecule has 0 amide bonds. The van der Waals surface area contributed by atoms with Crippen molar-refractivity contribution in [3.8, 4) is 5.75 Å². The molecule has 20 heavy (non-hydrogen) atoms. The first-order valence-corrected chi connectivity index (χ1v) is 8.17. The quantitative estimate of drug-likeness (QED) is 0.561. The summed E-state index contributed by atoms with van der Waals surface area (Å²) in [5.74, 6) is 1.83. The lowest BCUT2D eigenvalue weighted by Gasteiger charge is -2.07. The lowest BCUT2D eigenvalue weighted by atomic mass is 10.0. The Morgan fingerprint density at radius 3 is 2.35 bits per heavy atom. The molecule has 0 aliphatic rings. The van der Waals surface area contributed by atoms with Gasteiger partial charge < -0.3 is 10.1 Å². The Morgan fingerprint density at radius 1 is 0.900 bits per heavy atom. The molecule has 1 aromatic carbocycles. The minimum atomic E-state index is 0.797. The molecule has 2 heteroatoms. The van der Waals surface area contributed by atoms with Crippen molar-refractivity contribution in [1.82, 2.24) is 5.32 Å². The highest BCUT2D eigenvalue weighted by Crippen LogP contribution is 2.09. The van der Waals surface area contributed by atoms with Gasteiger partial charge in [0.2, 0.25) is 0 Å². The Kier molecular flexibility index (Phi) is 10.0. The molecule has 0 saturated carbocycles. The van der Waals surface area contributed by atoms with Crippen molar-refractivity contribution >= 4 is 0 Å². The van der Waals surface area contributed by atoms with Crippen LogP contribution in [-0.2, 0) is 0 Å². The molecule has 1 aromatic rings. The summed E-state index contributed by atoms with van der Waals surface area (Å²) in [4.78, 5) is 0. The van der Waals surface area contributed by atoms with E-state index in [1.54, 1.807) is 0 Å². The molecule has 1 N–H and O–H groups in total. The first-order chi connectivity index (χ1) is 9.79. The van der Waals surface area contributed by atoms with Gasteiger partial charge in [-0.05, 0) is 44.0 Å². The number of hydrogen-bond donors (Lipinski definition) is 1. The summed E-state index contributed by atoms with van der Waals surface area (Å²) in [6, 6.07) is 10.0. The average molecular weight is 277 g/mol. The maximum Gasteiger partial charge on any atom is 0.119 e. The molecular formula is C18H31NO. The van der Waals surface area contributed by atoms with Gasteiger partial charge in [0.05, 0.1) is 6.61 Å². The van der Waals surface area contributed by atoms with E-state index in [0.29, 0.717) is 0 Å². The molecule has 0 spiro atoms. The summed E-state index contributed by atoms with van der Waals surface area (Å²) in [5, 5.41) is 3.49. The Balaban J connectivity index is 1.79.